The lowest BCUT2D eigenvalue weighted by Crippen LogP contribution is -2.51. The maximum atomic E-state index is 11.2. The van der Waals surface area contributed by atoms with Crippen molar-refractivity contribution in [2.75, 3.05) is 0 Å². The topological polar surface area (TPSA) is 86.6 Å². The van der Waals surface area contributed by atoms with Gasteiger partial charge in [-0.25, -0.2) is 0 Å². The molecule has 0 aromatic rings. The number of carbonyl (C=O) groups is 2. The SMILES string of the molecule is CC(C)(C)C(C(=O)O)[C@H](NC1CC1)C(=O)O. The highest BCUT2D eigenvalue weighted by Crippen LogP contribution is 2.31. The van der Waals surface area contributed by atoms with E-state index >= 15 is 0 Å². The van der Waals surface area contributed by atoms with Crippen LogP contribution < -0.4 is 5.32 Å². The fraction of sp³-hybridized carbons (Fsp3) is 0.818. The van der Waals surface area contributed by atoms with Crippen molar-refractivity contribution < 1.29 is 19.8 Å². The van der Waals surface area contributed by atoms with Gasteiger partial charge >= 0.3 is 11.9 Å². The smallest absolute Gasteiger partial charge is 0.321 e. The van der Waals surface area contributed by atoms with Crippen molar-refractivity contribution in [3.05, 3.63) is 0 Å². The summed E-state index contributed by atoms with van der Waals surface area (Å²) in [5, 5.41) is 21.2. The van der Waals surface area contributed by atoms with Gasteiger partial charge in [-0.2, -0.15) is 0 Å². The quantitative estimate of drug-likeness (QED) is 0.653. The largest absolute Gasteiger partial charge is 0.481 e. The highest BCUT2D eigenvalue weighted by atomic mass is 16.4. The van der Waals surface area contributed by atoms with Crippen LogP contribution in [0.4, 0.5) is 0 Å². The van der Waals surface area contributed by atoms with E-state index in [0.717, 1.165) is 12.8 Å². The zero-order valence-corrected chi connectivity index (χ0v) is 9.86. The van der Waals surface area contributed by atoms with Crippen molar-refractivity contribution in [1.29, 1.82) is 0 Å². The van der Waals surface area contributed by atoms with Gasteiger partial charge in [-0.15, -0.1) is 0 Å². The molecule has 92 valence electrons. The van der Waals surface area contributed by atoms with Crippen LogP contribution in [0.5, 0.6) is 0 Å². The number of carboxylic acid groups (broad SMARTS) is 2. The molecular formula is C11H19NO4. The summed E-state index contributed by atoms with van der Waals surface area (Å²) in [6.45, 7) is 5.24. The second-order valence-electron chi connectivity index (χ2n) is 5.44. The maximum Gasteiger partial charge on any atom is 0.321 e. The molecule has 0 amide bonds. The van der Waals surface area contributed by atoms with Crippen LogP contribution in [0.3, 0.4) is 0 Å². The van der Waals surface area contributed by atoms with Gasteiger partial charge in [0, 0.05) is 6.04 Å². The molecule has 1 aliphatic carbocycles. The molecule has 5 heteroatoms. The molecule has 3 N–H and O–H groups in total. The molecular weight excluding hydrogens is 210 g/mol. The molecule has 16 heavy (non-hydrogen) atoms. The fourth-order valence-electron chi connectivity index (χ4n) is 1.83. The summed E-state index contributed by atoms with van der Waals surface area (Å²) in [6, 6.07) is -0.838. The minimum absolute atomic E-state index is 0.172. The van der Waals surface area contributed by atoms with Gasteiger partial charge in [0.25, 0.3) is 0 Å². The van der Waals surface area contributed by atoms with Crippen LogP contribution in [0, 0.1) is 11.3 Å². The van der Waals surface area contributed by atoms with Gasteiger partial charge in [0.05, 0.1) is 5.92 Å². The minimum atomic E-state index is -1.09. The summed E-state index contributed by atoms with van der Waals surface area (Å²) in [5.41, 5.74) is -0.587. The first-order chi connectivity index (χ1) is 7.23. The average molecular weight is 229 g/mol. The number of rotatable bonds is 5. The van der Waals surface area contributed by atoms with Gasteiger partial charge in [0.1, 0.15) is 6.04 Å². The third-order valence-corrected chi connectivity index (χ3v) is 2.79. The lowest BCUT2D eigenvalue weighted by Gasteiger charge is -2.32. The third-order valence-electron chi connectivity index (χ3n) is 2.79. The normalized spacial score (nSPS) is 20.2. The molecule has 1 fully saturated rings. The van der Waals surface area contributed by atoms with Crippen molar-refractivity contribution in [3.63, 3.8) is 0 Å². The zero-order chi connectivity index (χ0) is 12.5. The number of carboxylic acids is 2. The summed E-state index contributed by atoms with van der Waals surface area (Å²) in [6.07, 6.45) is 1.86. The Balaban J connectivity index is 2.86. The molecule has 1 rings (SSSR count). The van der Waals surface area contributed by atoms with Crippen LogP contribution in [0.2, 0.25) is 0 Å². The van der Waals surface area contributed by atoms with Crippen LogP contribution in [0.25, 0.3) is 0 Å². The molecule has 1 unspecified atom stereocenters. The van der Waals surface area contributed by atoms with E-state index in [9.17, 15) is 9.59 Å². The predicted octanol–water partition coefficient (Wildman–Crippen LogP) is 0.938. The lowest BCUT2D eigenvalue weighted by atomic mass is 9.76. The van der Waals surface area contributed by atoms with Crippen LogP contribution in [0.1, 0.15) is 33.6 Å². The van der Waals surface area contributed by atoms with Gasteiger partial charge in [0.15, 0.2) is 0 Å². The van der Waals surface area contributed by atoms with Crippen molar-refractivity contribution in [2.24, 2.45) is 11.3 Å². The first-order valence-corrected chi connectivity index (χ1v) is 5.45. The number of hydrogen-bond donors (Lipinski definition) is 3. The van der Waals surface area contributed by atoms with Crippen molar-refractivity contribution in [3.8, 4) is 0 Å². The van der Waals surface area contributed by atoms with E-state index < -0.39 is 29.3 Å². The van der Waals surface area contributed by atoms with E-state index in [-0.39, 0.29) is 6.04 Å². The highest BCUT2D eigenvalue weighted by Gasteiger charge is 2.43. The molecule has 0 saturated heterocycles. The highest BCUT2D eigenvalue weighted by molar-refractivity contribution is 5.83. The molecule has 0 heterocycles. The predicted molar refractivity (Wildman–Crippen MR) is 58.2 cm³/mol. The molecule has 1 aliphatic rings. The van der Waals surface area contributed by atoms with Crippen molar-refractivity contribution >= 4 is 11.9 Å². The fourth-order valence-corrected chi connectivity index (χ4v) is 1.83. The Morgan fingerprint density at radius 1 is 1.19 bits per heavy atom. The van der Waals surface area contributed by atoms with Gasteiger partial charge in [-0.1, -0.05) is 20.8 Å². The van der Waals surface area contributed by atoms with Gasteiger partial charge < -0.3 is 15.5 Å². The monoisotopic (exact) mass is 229 g/mol. The standard InChI is InChI=1S/C11H19NO4/c1-11(2,3)7(9(13)14)8(10(15)16)12-6-4-5-6/h6-8,12H,4-5H2,1-3H3,(H,13,14)(H,15,16)/t7?,8-/m0/s1. The van der Waals surface area contributed by atoms with Crippen molar-refractivity contribution in [1.82, 2.24) is 5.32 Å². The zero-order valence-electron chi connectivity index (χ0n) is 9.86. The minimum Gasteiger partial charge on any atom is -0.481 e. The molecule has 1 saturated carbocycles. The maximum absolute atomic E-state index is 11.2. The first-order valence-electron chi connectivity index (χ1n) is 5.45. The third kappa shape index (κ3) is 3.20. The molecule has 0 aliphatic heterocycles. The summed E-state index contributed by atoms with van der Waals surface area (Å²) in [7, 11) is 0. The molecule has 0 bridgehead atoms. The van der Waals surface area contributed by atoms with Crippen molar-refractivity contribution in [2.45, 2.75) is 45.7 Å². The second kappa shape index (κ2) is 4.41. The average Bonchev–Trinajstić information content (AvgIpc) is 2.82. The van der Waals surface area contributed by atoms with Gasteiger partial charge in [-0.05, 0) is 18.3 Å². The van der Waals surface area contributed by atoms with E-state index in [1.807, 2.05) is 0 Å². The Kier molecular flexibility index (Phi) is 3.57. The number of nitrogens with one attached hydrogen (secondary N) is 1. The Morgan fingerprint density at radius 3 is 1.94 bits per heavy atom. The van der Waals surface area contributed by atoms with E-state index in [0.29, 0.717) is 0 Å². The van der Waals surface area contributed by atoms with Crippen LogP contribution in [-0.4, -0.2) is 34.2 Å². The summed E-state index contributed by atoms with van der Waals surface area (Å²) in [4.78, 5) is 22.3. The lowest BCUT2D eigenvalue weighted by molar-refractivity contribution is -0.155. The molecule has 5 nitrogen and oxygen atoms in total. The van der Waals surface area contributed by atoms with E-state index in [1.165, 1.54) is 0 Å². The summed E-state index contributed by atoms with van der Waals surface area (Å²) in [5.74, 6) is -3.08. The van der Waals surface area contributed by atoms with E-state index in [1.54, 1.807) is 20.8 Å². The van der Waals surface area contributed by atoms with E-state index in [2.05, 4.69) is 5.32 Å². The molecule has 2 atom stereocenters. The Labute approximate surface area is 94.8 Å². The first kappa shape index (κ1) is 13.0. The number of aliphatic carboxylic acids is 2. The number of hydrogen-bond acceptors (Lipinski definition) is 3. The molecule has 0 radical (unpaired) electrons. The molecule has 0 aromatic carbocycles. The van der Waals surface area contributed by atoms with Gasteiger partial charge in [0.2, 0.25) is 0 Å². The summed E-state index contributed by atoms with van der Waals surface area (Å²) >= 11 is 0. The van der Waals surface area contributed by atoms with Crippen LogP contribution in [0.15, 0.2) is 0 Å². The van der Waals surface area contributed by atoms with Gasteiger partial charge in [-0.3, -0.25) is 9.59 Å². The second-order valence-corrected chi connectivity index (χ2v) is 5.44. The Morgan fingerprint density at radius 2 is 1.69 bits per heavy atom. The molecule has 0 spiro atoms. The Bertz CT molecular complexity index is 291. The molecule has 0 aromatic heterocycles. The summed E-state index contributed by atoms with van der Waals surface area (Å²) < 4.78 is 0. The van der Waals surface area contributed by atoms with E-state index in [4.69, 9.17) is 10.2 Å². The van der Waals surface area contributed by atoms with Crippen LogP contribution in [-0.2, 0) is 9.59 Å². The Hall–Kier alpha value is -1.10. The van der Waals surface area contributed by atoms with Crippen LogP contribution >= 0.6 is 0 Å².